The standard InChI is InChI=1S/C8H6F6N2O/c1-17-6-15-2-4(7(9,10)11)5(3-16-6)8(12,13)14/h2H,3H2,1H3. The summed E-state index contributed by atoms with van der Waals surface area (Å²) < 4.78 is 78.8. The largest absolute Gasteiger partial charge is 0.467 e. The highest BCUT2D eigenvalue weighted by atomic mass is 19.4. The first kappa shape index (κ1) is 13.5. The van der Waals surface area contributed by atoms with Gasteiger partial charge in [-0.3, -0.25) is 0 Å². The minimum atomic E-state index is -5.15. The van der Waals surface area contributed by atoms with Crippen LogP contribution in [0.5, 0.6) is 0 Å². The molecule has 1 rings (SSSR count). The minimum Gasteiger partial charge on any atom is -0.467 e. The van der Waals surface area contributed by atoms with Crippen LogP contribution in [0.15, 0.2) is 21.1 Å². The normalized spacial score (nSPS) is 17.9. The maximum atomic E-state index is 12.4. The molecule has 3 nitrogen and oxygen atoms in total. The van der Waals surface area contributed by atoms with Crippen LogP contribution in [0.4, 0.5) is 26.3 Å². The van der Waals surface area contributed by atoms with E-state index in [1.54, 1.807) is 0 Å². The highest BCUT2D eigenvalue weighted by Crippen LogP contribution is 2.36. The third kappa shape index (κ3) is 3.21. The highest BCUT2D eigenvalue weighted by molar-refractivity contribution is 5.93. The molecule has 0 spiro atoms. The fourth-order valence-electron chi connectivity index (χ4n) is 1.07. The average Bonchev–Trinajstić information content (AvgIpc) is 2.36. The van der Waals surface area contributed by atoms with Crippen LogP contribution in [0.3, 0.4) is 0 Å². The number of aliphatic imine (C=N–C) groups is 2. The predicted molar refractivity (Wildman–Crippen MR) is 46.9 cm³/mol. The van der Waals surface area contributed by atoms with E-state index in [1.165, 1.54) is 0 Å². The van der Waals surface area contributed by atoms with E-state index in [9.17, 15) is 26.3 Å². The fraction of sp³-hybridized carbons (Fsp3) is 0.500. The molecule has 0 unspecified atom stereocenters. The van der Waals surface area contributed by atoms with E-state index >= 15 is 0 Å². The van der Waals surface area contributed by atoms with Gasteiger partial charge in [0, 0.05) is 6.21 Å². The molecule has 0 saturated carbocycles. The van der Waals surface area contributed by atoms with E-state index in [0.29, 0.717) is 0 Å². The molecule has 0 aromatic heterocycles. The monoisotopic (exact) mass is 260 g/mol. The number of nitrogens with zero attached hydrogens (tertiary/aromatic N) is 2. The Labute approximate surface area is 91.5 Å². The van der Waals surface area contributed by atoms with Gasteiger partial charge in [-0.25, -0.2) is 9.98 Å². The first-order valence-corrected chi connectivity index (χ1v) is 4.16. The molecule has 0 aliphatic carbocycles. The Hall–Kier alpha value is -1.54. The molecule has 1 aliphatic heterocycles. The van der Waals surface area contributed by atoms with Gasteiger partial charge in [0.2, 0.25) is 0 Å². The molecule has 96 valence electrons. The van der Waals surface area contributed by atoms with Gasteiger partial charge in [0.15, 0.2) is 0 Å². The van der Waals surface area contributed by atoms with E-state index in [1.807, 2.05) is 0 Å². The van der Waals surface area contributed by atoms with Crippen LogP contribution >= 0.6 is 0 Å². The Bertz CT molecular complexity index is 390. The summed E-state index contributed by atoms with van der Waals surface area (Å²) in [5.74, 6) is 0. The molecule has 9 heteroatoms. The Morgan fingerprint density at radius 1 is 1.12 bits per heavy atom. The Morgan fingerprint density at radius 2 is 1.71 bits per heavy atom. The molecule has 0 bridgehead atoms. The zero-order valence-corrected chi connectivity index (χ0v) is 8.35. The highest BCUT2D eigenvalue weighted by Gasteiger charge is 2.45. The van der Waals surface area contributed by atoms with Crippen LogP contribution in [0.2, 0.25) is 0 Å². The molecular weight excluding hydrogens is 254 g/mol. The van der Waals surface area contributed by atoms with Crippen molar-refractivity contribution in [2.45, 2.75) is 12.4 Å². The van der Waals surface area contributed by atoms with E-state index in [2.05, 4.69) is 14.7 Å². The molecule has 0 radical (unpaired) electrons. The lowest BCUT2D eigenvalue weighted by Gasteiger charge is -2.14. The minimum absolute atomic E-state index is 0.0676. The number of allylic oxidation sites excluding steroid dienone is 1. The summed E-state index contributed by atoms with van der Waals surface area (Å²) in [6.07, 6.45) is -10.2. The van der Waals surface area contributed by atoms with Crippen molar-refractivity contribution in [3.8, 4) is 0 Å². The van der Waals surface area contributed by atoms with Gasteiger partial charge in [-0.05, 0) is 0 Å². The average molecular weight is 260 g/mol. The van der Waals surface area contributed by atoms with Crippen molar-refractivity contribution in [2.24, 2.45) is 9.98 Å². The summed E-state index contributed by atoms with van der Waals surface area (Å²) in [4.78, 5) is 6.25. The number of amidine groups is 1. The summed E-state index contributed by atoms with van der Waals surface area (Å²) in [6.45, 7) is -1.18. The van der Waals surface area contributed by atoms with Crippen molar-refractivity contribution in [2.75, 3.05) is 13.7 Å². The second-order valence-electron chi connectivity index (χ2n) is 2.95. The topological polar surface area (TPSA) is 34.0 Å². The van der Waals surface area contributed by atoms with Crippen molar-refractivity contribution in [3.05, 3.63) is 11.1 Å². The number of methoxy groups -OCH3 is 1. The summed E-state index contributed by atoms with van der Waals surface area (Å²) in [6, 6.07) is -0.536. The Kier molecular flexibility index (Phi) is 3.48. The second kappa shape index (κ2) is 4.38. The maximum absolute atomic E-state index is 12.4. The molecular formula is C8H6F6N2O. The quantitative estimate of drug-likeness (QED) is 0.616. The lowest BCUT2D eigenvalue weighted by molar-refractivity contribution is -0.111. The van der Waals surface area contributed by atoms with Crippen LogP contribution in [-0.2, 0) is 4.74 Å². The lowest BCUT2D eigenvalue weighted by Crippen LogP contribution is -2.24. The summed E-state index contributed by atoms with van der Waals surface area (Å²) in [5.41, 5.74) is -3.65. The zero-order valence-electron chi connectivity index (χ0n) is 8.35. The van der Waals surface area contributed by atoms with Crippen molar-refractivity contribution in [1.29, 1.82) is 0 Å². The Morgan fingerprint density at radius 3 is 2.12 bits per heavy atom. The van der Waals surface area contributed by atoms with Gasteiger partial charge in [0.05, 0.1) is 24.8 Å². The van der Waals surface area contributed by atoms with Gasteiger partial charge in [-0.15, -0.1) is 0 Å². The number of alkyl halides is 6. The summed E-state index contributed by atoms with van der Waals surface area (Å²) >= 11 is 0. The van der Waals surface area contributed by atoms with E-state index in [0.717, 1.165) is 7.11 Å². The SMILES string of the molecule is COC1=NCC(C(F)(F)F)=C(C(F)(F)F)C=N1. The molecule has 0 N–H and O–H groups in total. The van der Waals surface area contributed by atoms with Crippen molar-refractivity contribution >= 4 is 12.2 Å². The van der Waals surface area contributed by atoms with E-state index in [4.69, 9.17) is 0 Å². The molecule has 1 heterocycles. The molecule has 0 atom stereocenters. The third-order valence-electron chi connectivity index (χ3n) is 1.83. The number of hydrogen-bond donors (Lipinski definition) is 0. The first-order valence-electron chi connectivity index (χ1n) is 4.16. The number of ether oxygens (including phenoxy) is 1. The van der Waals surface area contributed by atoms with Gasteiger partial charge in [-0.1, -0.05) is 0 Å². The van der Waals surface area contributed by atoms with Gasteiger partial charge < -0.3 is 4.74 Å². The van der Waals surface area contributed by atoms with Crippen LogP contribution < -0.4 is 0 Å². The zero-order chi connectivity index (χ0) is 13.3. The van der Waals surface area contributed by atoms with E-state index < -0.39 is 36.1 Å². The molecule has 17 heavy (non-hydrogen) atoms. The van der Waals surface area contributed by atoms with Crippen molar-refractivity contribution in [3.63, 3.8) is 0 Å². The Balaban J connectivity index is 3.28. The number of hydrogen-bond acceptors (Lipinski definition) is 3. The maximum Gasteiger partial charge on any atom is 0.418 e. The van der Waals surface area contributed by atoms with Crippen molar-refractivity contribution < 1.29 is 31.1 Å². The molecule has 1 aliphatic rings. The van der Waals surface area contributed by atoms with Gasteiger partial charge >= 0.3 is 18.4 Å². The second-order valence-corrected chi connectivity index (χ2v) is 2.95. The first-order chi connectivity index (χ1) is 7.66. The predicted octanol–water partition coefficient (Wildman–Crippen LogP) is 2.49. The molecule has 0 aromatic rings. The van der Waals surface area contributed by atoms with Crippen molar-refractivity contribution in [1.82, 2.24) is 0 Å². The van der Waals surface area contributed by atoms with Gasteiger partial charge in [0.1, 0.15) is 0 Å². The van der Waals surface area contributed by atoms with Crippen LogP contribution in [0.25, 0.3) is 0 Å². The summed E-state index contributed by atoms with van der Waals surface area (Å²) in [7, 11) is 1.04. The fourth-order valence-corrected chi connectivity index (χ4v) is 1.07. The lowest BCUT2D eigenvalue weighted by atomic mass is 10.1. The van der Waals surface area contributed by atoms with Gasteiger partial charge in [0.25, 0.3) is 0 Å². The van der Waals surface area contributed by atoms with E-state index in [-0.39, 0.29) is 6.21 Å². The number of halogens is 6. The van der Waals surface area contributed by atoms with Crippen LogP contribution in [0.1, 0.15) is 0 Å². The molecule has 0 amide bonds. The molecule has 0 aromatic carbocycles. The summed E-state index contributed by atoms with van der Waals surface area (Å²) in [5, 5.41) is 0. The smallest absolute Gasteiger partial charge is 0.418 e. The third-order valence-corrected chi connectivity index (χ3v) is 1.83. The molecule has 0 saturated heterocycles. The molecule has 0 fully saturated rings. The number of rotatable bonds is 0. The van der Waals surface area contributed by atoms with Crippen LogP contribution in [-0.4, -0.2) is 38.2 Å². The van der Waals surface area contributed by atoms with Crippen LogP contribution in [0, 0.1) is 0 Å². The van der Waals surface area contributed by atoms with Gasteiger partial charge in [-0.2, -0.15) is 26.3 Å².